The van der Waals surface area contributed by atoms with Gasteiger partial charge in [0, 0.05) is 29.3 Å². The first-order valence-corrected chi connectivity index (χ1v) is 6.18. The van der Waals surface area contributed by atoms with Gasteiger partial charge in [0.1, 0.15) is 0 Å². The van der Waals surface area contributed by atoms with Gasteiger partial charge in [-0.05, 0) is 24.3 Å². The fraction of sp³-hybridized carbons (Fsp3) is 0.462. The molecule has 0 aromatic heterocycles. The van der Waals surface area contributed by atoms with E-state index in [0.717, 1.165) is 0 Å². The third-order valence-electron chi connectivity index (χ3n) is 2.45. The molecule has 0 aliphatic rings. The summed E-state index contributed by atoms with van der Waals surface area (Å²) < 4.78 is 0. The smallest absolute Gasteiger partial charge is 0.238 e. The van der Waals surface area contributed by atoms with Gasteiger partial charge in [-0.1, -0.05) is 25.4 Å². The van der Waals surface area contributed by atoms with Crippen molar-refractivity contribution in [2.45, 2.75) is 13.8 Å². The molecule has 1 aromatic rings. The van der Waals surface area contributed by atoms with Crippen molar-refractivity contribution in [3.05, 3.63) is 29.3 Å². The second-order valence-corrected chi connectivity index (χ2v) is 5.42. The van der Waals surface area contributed by atoms with Crippen LogP contribution >= 0.6 is 11.6 Å². The number of aliphatic hydroxyl groups is 1. The van der Waals surface area contributed by atoms with Crippen LogP contribution in [-0.4, -0.2) is 30.7 Å². The van der Waals surface area contributed by atoms with Gasteiger partial charge in [-0.25, -0.2) is 0 Å². The van der Waals surface area contributed by atoms with Crippen molar-refractivity contribution in [2.75, 3.05) is 25.0 Å². The number of nitrogens with one attached hydrogen (secondary N) is 2. The fourth-order valence-corrected chi connectivity index (χ4v) is 1.43. The zero-order valence-electron chi connectivity index (χ0n) is 10.7. The Bertz CT molecular complexity index is 390. The Labute approximate surface area is 112 Å². The number of benzene rings is 1. The molecule has 1 amide bonds. The first-order chi connectivity index (χ1) is 8.43. The summed E-state index contributed by atoms with van der Waals surface area (Å²) in [6.45, 7) is 4.73. The van der Waals surface area contributed by atoms with Crippen molar-refractivity contribution in [3.8, 4) is 0 Å². The Morgan fingerprint density at radius 3 is 2.50 bits per heavy atom. The Hall–Kier alpha value is -1.10. The van der Waals surface area contributed by atoms with Crippen LogP contribution in [0.2, 0.25) is 5.02 Å². The number of hydrogen-bond donors (Lipinski definition) is 3. The number of halogens is 1. The molecule has 100 valence electrons. The zero-order chi connectivity index (χ0) is 13.6. The minimum absolute atomic E-state index is 0.0821. The van der Waals surface area contributed by atoms with Crippen molar-refractivity contribution in [3.63, 3.8) is 0 Å². The molecule has 0 unspecified atom stereocenters. The summed E-state index contributed by atoms with van der Waals surface area (Å²) in [6, 6.07) is 6.94. The molecule has 0 aliphatic carbocycles. The van der Waals surface area contributed by atoms with Crippen molar-refractivity contribution >= 4 is 23.2 Å². The standard InChI is InChI=1S/C13H19ClN2O2/c1-13(2,9-17)8-15-7-12(18)16-11-5-3-10(14)4-6-11/h3-6,15,17H,7-9H2,1-2H3,(H,16,18). The molecule has 0 saturated carbocycles. The van der Waals surface area contributed by atoms with Crippen LogP contribution in [0, 0.1) is 5.41 Å². The highest BCUT2D eigenvalue weighted by atomic mass is 35.5. The summed E-state index contributed by atoms with van der Waals surface area (Å²) in [5, 5.41) is 15.5. The lowest BCUT2D eigenvalue weighted by atomic mass is 9.95. The van der Waals surface area contributed by atoms with Crippen LogP contribution in [0.3, 0.4) is 0 Å². The predicted molar refractivity (Wildman–Crippen MR) is 73.8 cm³/mol. The summed E-state index contributed by atoms with van der Waals surface area (Å²) in [6.07, 6.45) is 0. The average molecular weight is 271 g/mol. The highest BCUT2D eigenvalue weighted by Crippen LogP contribution is 2.13. The van der Waals surface area contributed by atoms with Crippen molar-refractivity contribution in [1.29, 1.82) is 0 Å². The third kappa shape index (κ3) is 5.49. The van der Waals surface area contributed by atoms with E-state index in [9.17, 15) is 4.79 Å². The van der Waals surface area contributed by atoms with Crippen molar-refractivity contribution in [1.82, 2.24) is 5.32 Å². The number of anilines is 1. The largest absolute Gasteiger partial charge is 0.396 e. The molecule has 0 radical (unpaired) electrons. The monoisotopic (exact) mass is 270 g/mol. The maximum Gasteiger partial charge on any atom is 0.238 e. The van der Waals surface area contributed by atoms with Gasteiger partial charge in [0.05, 0.1) is 6.54 Å². The van der Waals surface area contributed by atoms with E-state index >= 15 is 0 Å². The molecule has 0 heterocycles. The highest BCUT2D eigenvalue weighted by Gasteiger charge is 2.16. The molecule has 0 spiro atoms. The molecule has 18 heavy (non-hydrogen) atoms. The van der Waals surface area contributed by atoms with Gasteiger partial charge in [0.15, 0.2) is 0 Å². The van der Waals surface area contributed by atoms with Gasteiger partial charge in [-0.15, -0.1) is 0 Å². The lowest BCUT2D eigenvalue weighted by Crippen LogP contribution is -2.36. The molecule has 0 bridgehead atoms. The maximum atomic E-state index is 11.6. The second kappa shape index (κ2) is 6.73. The van der Waals surface area contributed by atoms with E-state index in [1.807, 2.05) is 13.8 Å². The molecule has 4 nitrogen and oxygen atoms in total. The van der Waals surface area contributed by atoms with E-state index in [2.05, 4.69) is 10.6 Å². The zero-order valence-corrected chi connectivity index (χ0v) is 11.4. The van der Waals surface area contributed by atoms with Crippen LogP contribution in [0.5, 0.6) is 0 Å². The van der Waals surface area contributed by atoms with E-state index in [-0.39, 0.29) is 24.5 Å². The van der Waals surface area contributed by atoms with E-state index in [0.29, 0.717) is 17.3 Å². The molecule has 5 heteroatoms. The molecule has 0 fully saturated rings. The summed E-state index contributed by atoms with van der Waals surface area (Å²) in [5.41, 5.74) is 0.494. The van der Waals surface area contributed by atoms with Gasteiger partial charge >= 0.3 is 0 Å². The van der Waals surface area contributed by atoms with Crippen molar-refractivity contribution in [2.24, 2.45) is 5.41 Å². The van der Waals surface area contributed by atoms with Crippen LogP contribution in [-0.2, 0) is 4.79 Å². The van der Waals surface area contributed by atoms with Crippen molar-refractivity contribution < 1.29 is 9.90 Å². The van der Waals surface area contributed by atoms with Crippen LogP contribution in [0.25, 0.3) is 0 Å². The molecule has 0 saturated heterocycles. The maximum absolute atomic E-state index is 11.6. The van der Waals surface area contributed by atoms with Gasteiger partial charge in [-0.2, -0.15) is 0 Å². The number of rotatable bonds is 6. The van der Waals surface area contributed by atoms with E-state index < -0.39 is 0 Å². The molecular formula is C13H19ClN2O2. The molecule has 0 atom stereocenters. The predicted octanol–water partition coefficient (Wildman–Crippen LogP) is 1.89. The van der Waals surface area contributed by atoms with E-state index in [4.69, 9.17) is 16.7 Å². The van der Waals surface area contributed by atoms with Gasteiger partial charge in [0.2, 0.25) is 5.91 Å². The molecule has 0 aliphatic heterocycles. The van der Waals surface area contributed by atoms with Crippen LogP contribution < -0.4 is 10.6 Å². The minimum atomic E-state index is -0.222. The number of carbonyl (C=O) groups is 1. The topological polar surface area (TPSA) is 61.4 Å². The van der Waals surface area contributed by atoms with Crippen LogP contribution in [0.4, 0.5) is 5.69 Å². The van der Waals surface area contributed by atoms with Gasteiger partial charge < -0.3 is 15.7 Å². The van der Waals surface area contributed by atoms with Gasteiger partial charge in [0.25, 0.3) is 0 Å². The summed E-state index contributed by atoms with van der Waals surface area (Å²) in [5.74, 6) is -0.119. The fourth-order valence-electron chi connectivity index (χ4n) is 1.31. The molecular weight excluding hydrogens is 252 g/mol. The normalized spacial score (nSPS) is 11.3. The number of aliphatic hydroxyl groups excluding tert-OH is 1. The quantitative estimate of drug-likeness (QED) is 0.740. The lowest BCUT2D eigenvalue weighted by molar-refractivity contribution is -0.115. The first kappa shape index (κ1) is 15.0. The van der Waals surface area contributed by atoms with Gasteiger partial charge in [-0.3, -0.25) is 4.79 Å². The Morgan fingerprint density at radius 2 is 1.94 bits per heavy atom. The Morgan fingerprint density at radius 1 is 1.33 bits per heavy atom. The average Bonchev–Trinajstić information content (AvgIpc) is 2.32. The first-order valence-electron chi connectivity index (χ1n) is 5.80. The molecule has 3 N–H and O–H groups in total. The Balaban J connectivity index is 2.32. The summed E-state index contributed by atoms with van der Waals surface area (Å²) in [7, 11) is 0. The summed E-state index contributed by atoms with van der Waals surface area (Å²) in [4.78, 5) is 11.6. The third-order valence-corrected chi connectivity index (χ3v) is 2.70. The van der Waals surface area contributed by atoms with E-state index in [1.54, 1.807) is 24.3 Å². The summed E-state index contributed by atoms with van der Waals surface area (Å²) >= 11 is 5.75. The minimum Gasteiger partial charge on any atom is -0.396 e. The lowest BCUT2D eigenvalue weighted by Gasteiger charge is -2.21. The Kier molecular flexibility index (Phi) is 5.59. The second-order valence-electron chi connectivity index (χ2n) is 4.98. The molecule has 1 aromatic carbocycles. The van der Waals surface area contributed by atoms with Crippen LogP contribution in [0.1, 0.15) is 13.8 Å². The van der Waals surface area contributed by atoms with E-state index in [1.165, 1.54) is 0 Å². The number of amides is 1. The van der Waals surface area contributed by atoms with Crippen LogP contribution in [0.15, 0.2) is 24.3 Å². The number of hydrogen-bond acceptors (Lipinski definition) is 3. The number of carbonyl (C=O) groups excluding carboxylic acids is 1. The SMILES string of the molecule is CC(C)(CO)CNCC(=O)Nc1ccc(Cl)cc1. The highest BCUT2D eigenvalue weighted by molar-refractivity contribution is 6.30. The molecule has 1 rings (SSSR count).